The molecule has 1 aliphatic heterocycles. The Kier molecular flexibility index (Phi) is 4.99. The van der Waals surface area contributed by atoms with Crippen LogP contribution in [0.5, 0.6) is 0 Å². The highest BCUT2D eigenvalue weighted by Crippen LogP contribution is 2.43. The zero-order chi connectivity index (χ0) is 18.1. The van der Waals surface area contributed by atoms with Gasteiger partial charge in [-0.15, -0.1) is 11.8 Å². The molecule has 1 saturated carbocycles. The molecular weight excluding hydrogens is 344 g/mol. The van der Waals surface area contributed by atoms with Gasteiger partial charge in [-0.3, -0.25) is 14.9 Å². The molecule has 4 unspecified atom stereocenters. The Morgan fingerprint density at radius 3 is 2.60 bits per heavy atom. The van der Waals surface area contributed by atoms with E-state index in [1.54, 1.807) is 19.1 Å². The summed E-state index contributed by atoms with van der Waals surface area (Å²) in [5, 5.41) is 19.8. The summed E-state index contributed by atoms with van der Waals surface area (Å²) in [4.78, 5) is 37.0. The summed E-state index contributed by atoms with van der Waals surface area (Å²) in [5.41, 5.74) is 0.00152. The minimum absolute atomic E-state index is 0.00152. The zero-order valence-electron chi connectivity index (χ0n) is 13.8. The van der Waals surface area contributed by atoms with E-state index in [0.29, 0.717) is 12.5 Å². The number of likely N-dealkylation sites (tertiary alicyclic amines) is 1. The normalized spacial score (nSPS) is 26.3. The first-order valence-corrected chi connectivity index (χ1v) is 9.21. The smallest absolute Gasteiger partial charge is 0.326 e. The molecule has 2 aliphatic rings. The molecular formula is C17H20N2O5S. The quantitative estimate of drug-likeness (QED) is 0.490. The highest BCUT2D eigenvalue weighted by molar-refractivity contribution is 8.00. The first-order chi connectivity index (χ1) is 11.9. The summed E-state index contributed by atoms with van der Waals surface area (Å²) in [5.74, 6) is -0.736. The van der Waals surface area contributed by atoms with Gasteiger partial charge in [0.1, 0.15) is 6.04 Å². The van der Waals surface area contributed by atoms with E-state index < -0.39 is 22.2 Å². The third-order valence-corrected chi connectivity index (χ3v) is 6.23. The number of amides is 1. The van der Waals surface area contributed by atoms with Crippen molar-refractivity contribution in [2.45, 2.75) is 42.4 Å². The molecule has 1 heterocycles. The minimum atomic E-state index is -0.921. The maximum absolute atomic E-state index is 12.8. The van der Waals surface area contributed by atoms with Crippen LogP contribution in [0.2, 0.25) is 0 Å². The topological polar surface area (TPSA) is 101 Å². The molecule has 4 atom stereocenters. The number of rotatable bonds is 5. The largest absolute Gasteiger partial charge is 0.480 e. The van der Waals surface area contributed by atoms with Crippen LogP contribution in [0, 0.1) is 22.0 Å². The molecule has 3 rings (SSSR count). The lowest BCUT2D eigenvalue weighted by atomic mass is 9.94. The van der Waals surface area contributed by atoms with Gasteiger partial charge >= 0.3 is 5.97 Å². The lowest BCUT2D eigenvalue weighted by Crippen LogP contribution is -2.46. The molecule has 1 N–H and O–H groups in total. The second kappa shape index (κ2) is 7.03. The molecule has 1 amide bonds. The molecule has 0 radical (unpaired) electrons. The third-order valence-electron chi connectivity index (χ3n) is 5.13. The lowest BCUT2D eigenvalue weighted by molar-refractivity contribution is -0.384. The van der Waals surface area contributed by atoms with E-state index in [-0.39, 0.29) is 17.5 Å². The predicted molar refractivity (Wildman–Crippen MR) is 92.4 cm³/mol. The van der Waals surface area contributed by atoms with E-state index >= 15 is 0 Å². The Morgan fingerprint density at radius 1 is 1.32 bits per heavy atom. The number of aliphatic carboxylic acids is 1. The average molecular weight is 364 g/mol. The van der Waals surface area contributed by atoms with Crippen LogP contribution in [-0.2, 0) is 9.59 Å². The number of carbonyl (C=O) groups is 2. The number of fused-ring (bicyclic) bond motifs is 1. The van der Waals surface area contributed by atoms with E-state index in [9.17, 15) is 24.8 Å². The maximum atomic E-state index is 12.8. The molecule has 134 valence electrons. The zero-order valence-corrected chi connectivity index (χ0v) is 14.6. The number of thioether (sulfide) groups is 1. The van der Waals surface area contributed by atoms with Gasteiger partial charge in [-0.1, -0.05) is 6.42 Å². The van der Waals surface area contributed by atoms with Crippen molar-refractivity contribution in [1.82, 2.24) is 4.90 Å². The molecule has 2 fully saturated rings. The van der Waals surface area contributed by atoms with E-state index in [2.05, 4.69) is 0 Å². The van der Waals surface area contributed by atoms with Crippen LogP contribution in [0.3, 0.4) is 0 Å². The van der Waals surface area contributed by atoms with Crippen molar-refractivity contribution in [3.63, 3.8) is 0 Å². The summed E-state index contributed by atoms with van der Waals surface area (Å²) >= 11 is 1.29. The number of carboxylic acids is 1. The molecule has 0 bridgehead atoms. The predicted octanol–water partition coefficient (Wildman–Crippen LogP) is 2.79. The highest BCUT2D eigenvalue weighted by atomic mass is 32.2. The lowest BCUT2D eigenvalue weighted by Gasteiger charge is -2.27. The van der Waals surface area contributed by atoms with Crippen LogP contribution in [0.1, 0.15) is 26.2 Å². The molecule has 7 nitrogen and oxygen atoms in total. The van der Waals surface area contributed by atoms with E-state index in [1.165, 1.54) is 28.8 Å². The van der Waals surface area contributed by atoms with Gasteiger partial charge in [0.15, 0.2) is 0 Å². The molecule has 1 aromatic rings. The van der Waals surface area contributed by atoms with Crippen molar-refractivity contribution in [2.75, 3.05) is 6.54 Å². The number of nitro benzene ring substituents is 1. The fourth-order valence-electron chi connectivity index (χ4n) is 3.98. The van der Waals surface area contributed by atoms with Gasteiger partial charge in [-0.25, -0.2) is 4.79 Å². The molecule has 8 heteroatoms. The molecule has 1 aromatic carbocycles. The monoisotopic (exact) mass is 364 g/mol. The van der Waals surface area contributed by atoms with Gasteiger partial charge in [0.25, 0.3) is 5.69 Å². The Balaban J connectivity index is 1.69. The van der Waals surface area contributed by atoms with Crippen LogP contribution in [0.25, 0.3) is 0 Å². The van der Waals surface area contributed by atoms with Crippen molar-refractivity contribution >= 4 is 29.3 Å². The molecule has 25 heavy (non-hydrogen) atoms. The van der Waals surface area contributed by atoms with E-state index in [0.717, 1.165) is 24.2 Å². The van der Waals surface area contributed by atoms with Crippen molar-refractivity contribution in [1.29, 1.82) is 0 Å². The third kappa shape index (κ3) is 3.49. The Labute approximate surface area is 149 Å². The average Bonchev–Trinajstić information content (AvgIpc) is 3.14. The molecule has 0 aromatic heterocycles. The SMILES string of the molecule is CC(Sc1ccc([N+](=O)[O-])cc1)C(=O)N1CC2CCCC2C1C(=O)O. The van der Waals surface area contributed by atoms with Crippen LogP contribution >= 0.6 is 11.8 Å². The van der Waals surface area contributed by atoms with Crippen molar-refractivity contribution < 1.29 is 19.6 Å². The van der Waals surface area contributed by atoms with Gasteiger partial charge in [0, 0.05) is 23.6 Å². The number of benzene rings is 1. The summed E-state index contributed by atoms with van der Waals surface area (Å²) in [6.07, 6.45) is 2.89. The van der Waals surface area contributed by atoms with Gasteiger partial charge in [-0.2, -0.15) is 0 Å². The van der Waals surface area contributed by atoms with Crippen LogP contribution < -0.4 is 0 Å². The molecule has 0 spiro atoms. The second-order valence-corrected chi connectivity index (χ2v) is 8.05. The van der Waals surface area contributed by atoms with Gasteiger partial charge in [-0.05, 0) is 43.7 Å². The van der Waals surface area contributed by atoms with Gasteiger partial charge in [0.2, 0.25) is 5.91 Å². The van der Waals surface area contributed by atoms with Crippen molar-refractivity contribution in [3.05, 3.63) is 34.4 Å². The molecule has 1 saturated heterocycles. The number of hydrogen-bond donors (Lipinski definition) is 1. The number of non-ortho nitro benzene ring substituents is 1. The van der Waals surface area contributed by atoms with Crippen LogP contribution in [0.4, 0.5) is 5.69 Å². The van der Waals surface area contributed by atoms with Gasteiger partial charge in [0.05, 0.1) is 10.2 Å². The van der Waals surface area contributed by atoms with Crippen molar-refractivity contribution in [2.24, 2.45) is 11.8 Å². The highest BCUT2D eigenvalue weighted by Gasteiger charge is 2.50. The van der Waals surface area contributed by atoms with E-state index in [1.807, 2.05) is 0 Å². The standard InChI is InChI=1S/C17H20N2O5S/c1-10(25-13-7-5-12(6-8-13)19(23)24)16(20)18-9-11-3-2-4-14(11)15(18)17(21)22/h5-8,10-11,14-15H,2-4,9H2,1H3,(H,21,22). The Hall–Kier alpha value is -2.09. The number of hydrogen-bond acceptors (Lipinski definition) is 5. The maximum Gasteiger partial charge on any atom is 0.326 e. The fourth-order valence-corrected chi connectivity index (χ4v) is 4.92. The number of carboxylic acid groups (broad SMARTS) is 1. The van der Waals surface area contributed by atoms with Crippen LogP contribution in [0.15, 0.2) is 29.2 Å². The summed E-state index contributed by atoms with van der Waals surface area (Å²) in [7, 11) is 0. The van der Waals surface area contributed by atoms with Gasteiger partial charge < -0.3 is 10.0 Å². The first kappa shape index (κ1) is 17.7. The number of nitro groups is 1. The molecule has 1 aliphatic carbocycles. The Morgan fingerprint density at radius 2 is 2.00 bits per heavy atom. The fraction of sp³-hybridized carbons (Fsp3) is 0.529. The summed E-state index contributed by atoms with van der Waals surface area (Å²) in [6.45, 7) is 2.27. The van der Waals surface area contributed by atoms with Crippen molar-refractivity contribution in [3.8, 4) is 0 Å². The minimum Gasteiger partial charge on any atom is -0.480 e. The Bertz CT molecular complexity index is 693. The van der Waals surface area contributed by atoms with Crippen LogP contribution in [-0.4, -0.2) is 44.6 Å². The second-order valence-electron chi connectivity index (χ2n) is 6.64. The number of carbonyl (C=O) groups excluding carboxylic acids is 1. The number of nitrogens with zero attached hydrogens (tertiary/aromatic N) is 2. The van der Waals surface area contributed by atoms with E-state index in [4.69, 9.17) is 0 Å². The summed E-state index contributed by atoms with van der Waals surface area (Å²) in [6, 6.07) is 5.31. The first-order valence-electron chi connectivity index (χ1n) is 8.33. The summed E-state index contributed by atoms with van der Waals surface area (Å²) < 4.78 is 0.